The van der Waals surface area contributed by atoms with Crippen LogP contribution >= 0.6 is 0 Å². The summed E-state index contributed by atoms with van der Waals surface area (Å²) in [5.41, 5.74) is 0. The minimum atomic E-state index is -0.121. The van der Waals surface area contributed by atoms with Crippen molar-refractivity contribution in [1.82, 2.24) is 19.8 Å². The van der Waals surface area contributed by atoms with Gasteiger partial charge >= 0.3 is 0 Å². The molecular weight excluding hydrogens is 308 g/mol. The van der Waals surface area contributed by atoms with Crippen LogP contribution < -0.4 is 0 Å². The van der Waals surface area contributed by atoms with Gasteiger partial charge in [-0.2, -0.15) is 0 Å². The first kappa shape index (κ1) is 15.3. The number of amides is 1. The van der Waals surface area contributed by atoms with Gasteiger partial charge in [-0.1, -0.05) is 0 Å². The molecule has 7 heteroatoms. The zero-order valence-electron chi connectivity index (χ0n) is 13.4. The molecule has 2 aromatic rings. The molecule has 2 aliphatic rings. The van der Waals surface area contributed by atoms with Gasteiger partial charge in [0.2, 0.25) is 5.82 Å². The molecule has 0 saturated carbocycles. The molecule has 2 aliphatic heterocycles. The smallest absolute Gasteiger partial charge is 0.291 e. The Morgan fingerprint density at radius 1 is 1.21 bits per heavy atom. The Hall–Kier alpha value is -2.25. The predicted octanol–water partition coefficient (Wildman–Crippen LogP) is 1.04. The standard InChI is InChI=1S/C17H20N4O3/c22-17(16-18-4-2-5-19-16)21-10-13-9-20(6-8-24-15(13)12-21)11-14-3-1-7-23-14/h1-5,7,13,15H,6,8-12H2/t13-,15+/m0/s1. The van der Waals surface area contributed by atoms with Gasteiger partial charge < -0.3 is 14.1 Å². The van der Waals surface area contributed by atoms with Crippen LogP contribution in [-0.4, -0.2) is 64.6 Å². The first-order chi connectivity index (χ1) is 11.8. The summed E-state index contributed by atoms with van der Waals surface area (Å²) in [5.74, 6) is 1.39. The molecule has 2 saturated heterocycles. The van der Waals surface area contributed by atoms with E-state index in [0.29, 0.717) is 25.6 Å². The number of nitrogens with zero attached hydrogens (tertiary/aromatic N) is 4. The second-order valence-corrected chi connectivity index (χ2v) is 6.27. The third-order valence-corrected chi connectivity index (χ3v) is 4.62. The predicted molar refractivity (Wildman–Crippen MR) is 85.2 cm³/mol. The Kier molecular flexibility index (Phi) is 4.27. The van der Waals surface area contributed by atoms with Crippen molar-refractivity contribution in [3.05, 3.63) is 48.4 Å². The molecule has 24 heavy (non-hydrogen) atoms. The number of rotatable bonds is 3. The van der Waals surface area contributed by atoms with Crippen LogP contribution in [0.1, 0.15) is 16.4 Å². The van der Waals surface area contributed by atoms with Crippen molar-refractivity contribution in [3.63, 3.8) is 0 Å². The lowest BCUT2D eigenvalue weighted by Gasteiger charge is -2.22. The highest BCUT2D eigenvalue weighted by molar-refractivity contribution is 5.90. The maximum absolute atomic E-state index is 12.5. The number of hydrogen-bond donors (Lipinski definition) is 0. The summed E-state index contributed by atoms with van der Waals surface area (Å²) in [6.07, 6.45) is 4.97. The molecule has 4 rings (SSSR count). The quantitative estimate of drug-likeness (QED) is 0.838. The van der Waals surface area contributed by atoms with Gasteiger partial charge in [0.1, 0.15) is 5.76 Å². The monoisotopic (exact) mass is 328 g/mol. The Bertz CT molecular complexity index is 676. The van der Waals surface area contributed by atoms with E-state index in [2.05, 4.69) is 14.9 Å². The summed E-state index contributed by atoms with van der Waals surface area (Å²) < 4.78 is 11.4. The average Bonchev–Trinajstić information content (AvgIpc) is 3.22. The van der Waals surface area contributed by atoms with Gasteiger partial charge in [-0.15, -0.1) is 0 Å². The highest BCUT2D eigenvalue weighted by Gasteiger charge is 2.39. The van der Waals surface area contributed by atoms with E-state index in [4.69, 9.17) is 9.15 Å². The summed E-state index contributed by atoms with van der Waals surface area (Å²) in [6.45, 7) is 4.50. The number of hydrogen-bond acceptors (Lipinski definition) is 6. The van der Waals surface area contributed by atoms with Crippen LogP contribution in [0.2, 0.25) is 0 Å². The van der Waals surface area contributed by atoms with E-state index < -0.39 is 0 Å². The zero-order chi connectivity index (χ0) is 16.4. The normalized spacial score (nSPS) is 24.6. The summed E-state index contributed by atoms with van der Waals surface area (Å²) in [7, 11) is 0. The number of aromatic nitrogens is 2. The number of carbonyl (C=O) groups excluding carboxylic acids is 1. The molecule has 0 aliphatic carbocycles. The van der Waals surface area contributed by atoms with E-state index in [-0.39, 0.29) is 17.8 Å². The van der Waals surface area contributed by atoms with Gasteiger partial charge in [0, 0.05) is 44.5 Å². The molecule has 1 amide bonds. The molecule has 2 aromatic heterocycles. The maximum Gasteiger partial charge on any atom is 0.291 e. The fourth-order valence-electron chi connectivity index (χ4n) is 3.44. The zero-order valence-corrected chi connectivity index (χ0v) is 13.4. The second-order valence-electron chi connectivity index (χ2n) is 6.27. The first-order valence-corrected chi connectivity index (χ1v) is 8.22. The van der Waals surface area contributed by atoms with Crippen LogP contribution in [-0.2, 0) is 11.3 Å². The van der Waals surface area contributed by atoms with Crippen molar-refractivity contribution in [2.24, 2.45) is 5.92 Å². The van der Waals surface area contributed by atoms with E-state index in [1.54, 1.807) is 29.6 Å². The van der Waals surface area contributed by atoms with Crippen LogP contribution in [0.15, 0.2) is 41.3 Å². The average molecular weight is 328 g/mol. The second kappa shape index (κ2) is 6.70. The van der Waals surface area contributed by atoms with Crippen molar-refractivity contribution in [3.8, 4) is 0 Å². The van der Waals surface area contributed by atoms with Crippen molar-refractivity contribution in [2.45, 2.75) is 12.6 Å². The Morgan fingerprint density at radius 3 is 2.88 bits per heavy atom. The van der Waals surface area contributed by atoms with Crippen molar-refractivity contribution >= 4 is 5.91 Å². The molecule has 126 valence electrons. The van der Waals surface area contributed by atoms with E-state index in [1.807, 2.05) is 12.1 Å². The fraction of sp³-hybridized carbons (Fsp3) is 0.471. The first-order valence-electron chi connectivity index (χ1n) is 8.22. The van der Waals surface area contributed by atoms with Gasteiger partial charge in [-0.3, -0.25) is 9.69 Å². The highest BCUT2D eigenvalue weighted by Crippen LogP contribution is 2.25. The molecule has 0 unspecified atom stereocenters. The Labute approximate surface area is 140 Å². The summed E-state index contributed by atoms with van der Waals surface area (Å²) in [5, 5.41) is 0. The van der Waals surface area contributed by atoms with Crippen LogP contribution in [0.5, 0.6) is 0 Å². The Morgan fingerprint density at radius 2 is 2.08 bits per heavy atom. The van der Waals surface area contributed by atoms with Crippen molar-refractivity contribution in [2.75, 3.05) is 32.8 Å². The lowest BCUT2D eigenvalue weighted by molar-refractivity contribution is 0.0480. The number of ether oxygens (including phenoxy) is 1. The molecule has 0 N–H and O–H groups in total. The van der Waals surface area contributed by atoms with Crippen LogP contribution in [0.4, 0.5) is 0 Å². The molecule has 4 heterocycles. The molecular formula is C17H20N4O3. The largest absolute Gasteiger partial charge is 0.468 e. The number of fused-ring (bicyclic) bond motifs is 1. The molecule has 2 atom stereocenters. The van der Waals surface area contributed by atoms with E-state index >= 15 is 0 Å². The van der Waals surface area contributed by atoms with Gasteiger partial charge in [0.05, 0.1) is 25.5 Å². The molecule has 2 fully saturated rings. The minimum Gasteiger partial charge on any atom is -0.468 e. The maximum atomic E-state index is 12.5. The van der Waals surface area contributed by atoms with E-state index in [9.17, 15) is 4.79 Å². The van der Waals surface area contributed by atoms with Crippen LogP contribution in [0, 0.1) is 5.92 Å². The topological polar surface area (TPSA) is 71.7 Å². The van der Waals surface area contributed by atoms with Crippen molar-refractivity contribution < 1.29 is 13.9 Å². The SMILES string of the molecule is O=C(c1ncccn1)N1C[C@@H]2CN(Cc3ccco3)CCO[C@@H]2C1. The van der Waals surface area contributed by atoms with Crippen LogP contribution in [0.25, 0.3) is 0 Å². The lowest BCUT2D eigenvalue weighted by atomic mass is 10.1. The van der Waals surface area contributed by atoms with Gasteiger partial charge in [-0.05, 0) is 18.2 Å². The molecule has 7 nitrogen and oxygen atoms in total. The highest BCUT2D eigenvalue weighted by atomic mass is 16.5. The number of carbonyl (C=O) groups is 1. The van der Waals surface area contributed by atoms with Gasteiger partial charge in [-0.25, -0.2) is 9.97 Å². The number of likely N-dealkylation sites (tertiary alicyclic amines) is 1. The molecule has 0 aromatic carbocycles. The van der Waals surface area contributed by atoms with Gasteiger partial charge in [0.25, 0.3) is 5.91 Å². The fourth-order valence-corrected chi connectivity index (χ4v) is 3.44. The van der Waals surface area contributed by atoms with Crippen LogP contribution in [0.3, 0.4) is 0 Å². The molecule has 0 spiro atoms. The summed E-state index contributed by atoms with van der Waals surface area (Å²) in [6, 6.07) is 5.60. The molecule has 0 bridgehead atoms. The summed E-state index contributed by atoms with van der Waals surface area (Å²) in [4.78, 5) is 24.8. The Balaban J connectivity index is 1.41. The third-order valence-electron chi connectivity index (χ3n) is 4.62. The van der Waals surface area contributed by atoms with E-state index in [0.717, 1.165) is 25.4 Å². The molecule has 0 radical (unpaired) electrons. The van der Waals surface area contributed by atoms with Crippen molar-refractivity contribution in [1.29, 1.82) is 0 Å². The lowest BCUT2D eigenvalue weighted by Crippen LogP contribution is -2.34. The van der Waals surface area contributed by atoms with Gasteiger partial charge in [0.15, 0.2) is 0 Å². The minimum absolute atomic E-state index is 0.0827. The van der Waals surface area contributed by atoms with E-state index in [1.165, 1.54) is 0 Å². The summed E-state index contributed by atoms with van der Waals surface area (Å²) >= 11 is 0. The number of furan rings is 1. The third kappa shape index (κ3) is 3.18.